The van der Waals surface area contributed by atoms with E-state index in [9.17, 15) is 5.11 Å². The van der Waals surface area contributed by atoms with E-state index in [2.05, 4.69) is 18.7 Å². The van der Waals surface area contributed by atoms with Crippen LogP contribution >= 0.6 is 0 Å². The number of hydrogen-bond donors (Lipinski definition) is 1. The predicted octanol–water partition coefficient (Wildman–Crippen LogP) is 3.24. The van der Waals surface area contributed by atoms with Crippen LogP contribution in [-0.2, 0) is 0 Å². The van der Waals surface area contributed by atoms with Gasteiger partial charge in [-0.15, -0.1) is 0 Å². The molecule has 0 aliphatic carbocycles. The van der Waals surface area contributed by atoms with Gasteiger partial charge in [0.15, 0.2) is 0 Å². The minimum atomic E-state index is -0.481. The van der Waals surface area contributed by atoms with Crippen LogP contribution < -0.4 is 4.74 Å². The van der Waals surface area contributed by atoms with Crippen molar-refractivity contribution in [2.24, 2.45) is 5.92 Å². The number of nitrogens with zero attached hydrogens (tertiary/aromatic N) is 1. The zero-order valence-corrected chi connectivity index (χ0v) is 12.9. The topological polar surface area (TPSA) is 32.7 Å². The van der Waals surface area contributed by atoms with E-state index < -0.39 is 6.10 Å². The first-order valence-corrected chi connectivity index (χ1v) is 7.75. The van der Waals surface area contributed by atoms with E-state index in [-0.39, 0.29) is 0 Å². The van der Waals surface area contributed by atoms with Crippen LogP contribution in [0.15, 0.2) is 24.3 Å². The van der Waals surface area contributed by atoms with Crippen molar-refractivity contribution in [2.45, 2.75) is 45.8 Å². The van der Waals surface area contributed by atoms with Gasteiger partial charge in [-0.05, 0) is 38.7 Å². The Hall–Kier alpha value is -1.06. The molecular weight excluding hydrogens is 250 g/mol. The molecule has 2 rings (SSSR count). The molecule has 1 aromatic rings. The average Bonchev–Trinajstić information content (AvgIpc) is 2.44. The van der Waals surface area contributed by atoms with Crippen LogP contribution in [0.4, 0.5) is 0 Å². The molecule has 3 unspecified atom stereocenters. The smallest absolute Gasteiger partial charge is 0.125 e. The van der Waals surface area contributed by atoms with Crippen LogP contribution in [0.1, 0.15) is 45.3 Å². The molecule has 1 aromatic carbocycles. The van der Waals surface area contributed by atoms with Crippen LogP contribution in [-0.4, -0.2) is 35.7 Å². The molecule has 0 saturated carbocycles. The molecule has 0 aromatic heterocycles. The van der Waals surface area contributed by atoms with Gasteiger partial charge in [-0.1, -0.05) is 25.1 Å². The Morgan fingerprint density at radius 3 is 2.80 bits per heavy atom. The normalized spacial score (nSPS) is 25.4. The molecule has 3 heteroatoms. The Kier molecular flexibility index (Phi) is 5.44. The van der Waals surface area contributed by atoms with Gasteiger partial charge in [0.25, 0.3) is 0 Å². The molecule has 0 spiro atoms. The number of rotatable bonds is 5. The summed E-state index contributed by atoms with van der Waals surface area (Å²) in [7, 11) is 0. The van der Waals surface area contributed by atoms with Crippen molar-refractivity contribution in [2.75, 3.05) is 19.7 Å². The summed E-state index contributed by atoms with van der Waals surface area (Å²) < 4.78 is 5.62. The fourth-order valence-corrected chi connectivity index (χ4v) is 3.00. The lowest BCUT2D eigenvalue weighted by Crippen LogP contribution is -2.43. The number of β-amino-alcohol motifs (C(OH)–C–C–N with tert-alkyl or cyclic N) is 1. The Bertz CT molecular complexity index is 421. The molecule has 1 fully saturated rings. The Morgan fingerprint density at radius 1 is 1.30 bits per heavy atom. The van der Waals surface area contributed by atoms with Gasteiger partial charge < -0.3 is 9.84 Å². The Labute approximate surface area is 122 Å². The molecule has 1 aliphatic rings. The Morgan fingerprint density at radius 2 is 2.05 bits per heavy atom. The highest BCUT2D eigenvalue weighted by atomic mass is 16.5. The van der Waals surface area contributed by atoms with Crippen LogP contribution in [0.3, 0.4) is 0 Å². The standard InChI is InChI=1S/C17H27NO2/c1-4-20-17-8-6-5-7-15(17)16(19)12-18-11-13(2)9-10-14(18)3/h5-8,13-14,16,19H,4,9-12H2,1-3H3. The summed E-state index contributed by atoms with van der Waals surface area (Å²) in [6.45, 7) is 8.91. The first-order chi connectivity index (χ1) is 9.61. The van der Waals surface area contributed by atoms with E-state index in [0.29, 0.717) is 19.2 Å². The number of piperidine rings is 1. The second kappa shape index (κ2) is 7.09. The predicted molar refractivity (Wildman–Crippen MR) is 82.0 cm³/mol. The summed E-state index contributed by atoms with van der Waals surface area (Å²) in [6, 6.07) is 8.37. The van der Waals surface area contributed by atoms with Gasteiger partial charge in [-0.25, -0.2) is 0 Å². The van der Waals surface area contributed by atoms with Crippen molar-refractivity contribution in [3.05, 3.63) is 29.8 Å². The summed E-state index contributed by atoms with van der Waals surface area (Å²) in [5, 5.41) is 10.6. The highest BCUT2D eigenvalue weighted by Gasteiger charge is 2.25. The van der Waals surface area contributed by atoms with E-state index in [1.165, 1.54) is 12.8 Å². The van der Waals surface area contributed by atoms with Gasteiger partial charge in [-0.2, -0.15) is 0 Å². The molecule has 1 N–H and O–H groups in total. The first kappa shape index (κ1) is 15.3. The zero-order valence-electron chi connectivity index (χ0n) is 12.9. The largest absolute Gasteiger partial charge is 0.493 e. The molecule has 1 aliphatic heterocycles. The van der Waals surface area contributed by atoms with Crippen LogP contribution in [0.5, 0.6) is 5.75 Å². The van der Waals surface area contributed by atoms with Crippen molar-refractivity contribution in [1.82, 2.24) is 4.90 Å². The third kappa shape index (κ3) is 3.74. The van der Waals surface area contributed by atoms with E-state index in [4.69, 9.17) is 4.74 Å². The maximum absolute atomic E-state index is 10.6. The summed E-state index contributed by atoms with van der Waals surface area (Å²) in [5.41, 5.74) is 0.903. The molecular formula is C17H27NO2. The molecule has 3 atom stereocenters. The number of aliphatic hydroxyl groups is 1. The summed E-state index contributed by atoms with van der Waals surface area (Å²) >= 11 is 0. The van der Waals surface area contributed by atoms with Crippen LogP contribution in [0.25, 0.3) is 0 Å². The fraction of sp³-hybridized carbons (Fsp3) is 0.647. The molecule has 20 heavy (non-hydrogen) atoms. The van der Waals surface area contributed by atoms with Gasteiger partial charge in [0.05, 0.1) is 12.7 Å². The third-order valence-corrected chi connectivity index (χ3v) is 4.23. The minimum Gasteiger partial charge on any atom is -0.493 e. The van der Waals surface area contributed by atoms with Crippen LogP contribution in [0, 0.1) is 5.92 Å². The fourth-order valence-electron chi connectivity index (χ4n) is 3.00. The van der Waals surface area contributed by atoms with Crippen molar-refractivity contribution >= 4 is 0 Å². The Balaban J connectivity index is 2.05. The van der Waals surface area contributed by atoms with E-state index in [1.54, 1.807) is 0 Å². The lowest BCUT2D eigenvalue weighted by Gasteiger charge is -2.38. The first-order valence-electron chi connectivity index (χ1n) is 7.75. The molecule has 1 heterocycles. The van der Waals surface area contributed by atoms with Gasteiger partial charge >= 0.3 is 0 Å². The van der Waals surface area contributed by atoms with Crippen molar-refractivity contribution in [3.63, 3.8) is 0 Å². The molecule has 1 saturated heterocycles. The lowest BCUT2D eigenvalue weighted by atomic mass is 9.94. The van der Waals surface area contributed by atoms with E-state index in [0.717, 1.165) is 23.8 Å². The van der Waals surface area contributed by atoms with Gasteiger partial charge in [0.2, 0.25) is 0 Å². The number of hydrogen-bond acceptors (Lipinski definition) is 3. The number of aliphatic hydroxyl groups excluding tert-OH is 1. The maximum atomic E-state index is 10.6. The van der Waals surface area contributed by atoms with Gasteiger partial charge in [-0.3, -0.25) is 4.90 Å². The van der Waals surface area contributed by atoms with Crippen molar-refractivity contribution < 1.29 is 9.84 Å². The van der Waals surface area contributed by atoms with Gasteiger partial charge in [0, 0.05) is 24.7 Å². The highest BCUT2D eigenvalue weighted by molar-refractivity contribution is 5.35. The van der Waals surface area contributed by atoms with Crippen molar-refractivity contribution in [1.29, 1.82) is 0 Å². The zero-order chi connectivity index (χ0) is 14.5. The minimum absolute atomic E-state index is 0.481. The molecule has 0 amide bonds. The summed E-state index contributed by atoms with van der Waals surface area (Å²) in [5.74, 6) is 1.53. The second-order valence-corrected chi connectivity index (χ2v) is 5.97. The molecule has 3 nitrogen and oxygen atoms in total. The molecule has 112 valence electrons. The van der Waals surface area contributed by atoms with Crippen LogP contribution in [0.2, 0.25) is 0 Å². The summed E-state index contributed by atoms with van der Waals surface area (Å²) in [4.78, 5) is 2.40. The number of ether oxygens (including phenoxy) is 1. The van der Waals surface area contributed by atoms with E-state index in [1.807, 2.05) is 31.2 Å². The van der Waals surface area contributed by atoms with Gasteiger partial charge in [0.1, 0.15) is 5.75 Å². The number of benzene rings is 1. The highest BCUT2D eigenvalue weighted by Crippen LogP contribution is 2.28. The number of para-hydroxylation sites is 1. The maximum Gasteiger partial charge on any atom is 0.125 e. The average molecular weight is 277 g/mol. The van der Waals surface area contributed by atoms with Crippen molar-refractivity contribution in [3.8, 4) is 5.75 Å². The SMILES string of the molecule is CCOc1ccccc1C(O)CN1CC(C)CCC1C. The third-order valence-electron chi connectivity index (χ3n) is 4.23. The second-order valence-electron chi connectivity index (χ2n) is 5.97. The quantitative estimate of drug-likeness (QED) is 0.897. The van der Waals surface area contributed by atoms with E-state index >= 15 is 0 Å². The molecule has 0 bridgehead atoms. The molecule has 0 radical (unpaired) electrons. The monoisotopic (exact) mass is 277 g/mol. The summed E-state index contributed by atoms with van der Waals surface area (Å²) in [6.07, 6.45) is 2.04. The lowest BCUT2D eigenvalue weighted by molar-refractivity contribution is 0.0555. The number of likely N-dealkylation sites (tertiary alicyclic amines) is 1.